The lowest BCUT2D eigenvalue weighted by molar-refractivity contribution is 0.0910. The number of H-pyrrole nitrogens is 1. The van der Waals surface area contributed by atoms with Gasteiger partial charge in [-0.05, 0) is 67.3 Å². The molecule has 2 heterocycles. The minimum absolute atomic E-state index is 0.132. The van der Waals surface area contributed by atoms with Crippen molar-refractivity contribution in [1.82, 2.24) is 15.3 Å². The number of pyridine rings is 1. The Morgan fingerprint density at radius 3 is 2.56 bits per heavy atom. The number of fused-ring (bicyclic) bond motifs is 2. The zero-order valence-corrected chi connectivity index (χ0v) is 19.2. The maximum atomic E-state index is 12.9. The molecule has 1 unspecified atom stereocenters. The van der Waals surface area contributed by atoms with Crippen LogP contribution in [0.25, 0.3) is 22.2 Å². The lowest BCUT2D eigenvalue weighted by Crippen LogP contribution is -2.39. The zero-order chi connectivity index (χ0) is 24.1. The van der Waals surface area contributed by atoms with Gasteiger partial charge in [0.05, 0.1) is 40.9 Å². The standard InChI is InChI=1S/C22H23N3O3.C6H4/c1-4-15-7-5-8-18(21(15)28-14(2)3)22(27)25-17(13-26)11-16-12-24-19-9-6-10-23-20(16)19;1-2-5-4-6(5)3-1/h1,5-10,12,14,17,24,26H,11,13H2,2-3H3,(H,25,27);1-4H. The molecule has 6 nitrogen and oxygen atoms in total. The number of para-hydroxylation sites is 1. The van der Waals surface area contributed by atoms with Gasteiger partial charge in [0.2, 0.25) is 0 Å². The zero-order valence-electron chi connectivity index (χ0n) is 19.2. The predicted molar refractivity (Wildman–Crippen MR) is 134 cm³/mol. The summed E-state index contributed by atoms with van der Waals surface area (Å²) >= 11 is 0. The van der Waals surface area contributed by atoms with Gasteiger partial charge in [0.1, 0.15) is 5.75 Å². The molecular formula is C28H27N3O3. The minimum atomic E-state index is -0.477. The first kappa shape index (κ1) is 23.1. The van der Waals surface area contributed by atoms with Crippen molar-refractivity contribution in [3.05, 3.63) is 83.7 Å². The second-order valence-electron chi connectivity index (χ2n) is 8.34. The average molecular weight is 454 g/mol. The van der Waals surface area contributed by atoms with Crippen LogP contribution in [0.3, 0.4) is 0 Å². The van der Waals surface area contributed by atoms with Crippen molar-refractivity contribution < 1.29 is 14.6 Å². The molecule has 0 radical (unpaired) electrons. The van der Waals surface area contributed by atoms with Gasteiger partial charge in [-0.1, -0.05) is 30.2 Å². The van der Waals surface area contributed by atoms with E-state index in [2.05, 4.69) is 45.5 Å². The Kier molecular flexibility index (Phi) is 6.95. The van der Waals surface area contributed by atoms with E-state index in [4.69, 9.17) is 11.2 Å². The van der Waals surface area contributed by atoms with Crippen molar-refractivity contribution in [3.8, 4) is 29.2 Å². The minimum Gasteiger partial charge on any atom is -0.489 e. The molecule has 34 heavy (non-hydrogen) atoms. The number of ether oxygens (including phenoxy) is 1. The van der Waals surface area contributed by atoms with Crippen LogP contribution in [0.5, 0.6) is 5.75 Å². The molecule has 3 N–H and O–H groups in total. The lowest BCUT2D eigenvalue weighted by atomic mass is 10.1. The van der Waals surface area contributed by atoms with Crippen molar-refractivity contribution in [2.45, 2.75) is 32.4 Å². The number of carbonyl (C=O) groups excluding carboxylic acids is 1. The average Bonchev–Trinajstić information content (AvgIpc) is 3.24. The van der Waals surface area contributed by atoms with Gasteiger partial charge in [-0.2, -0.15) is 0 Å². The van der Waals surface area contributed by atoms with Gasteiger partial charge >= 0.3 is 0 Å². The van der Waals surface area contributed by atoms with Gasteiger partial charge in [-0.3, -0.25) is 9.78 Å². The number of aromatic amines is 1. The van der Waals surface area contributed by atoms with E-state index in [9.17, 15) is 9.90 Å². The molecule has 0 spiro atoms. The highest BCUT2D eigenvalue weighted by atomic mass is 16.5. The first-order chi connectivity index (χ1) is 16.5. The number of aromatic nitrogens is 2. The molecule has 1 atom stereocenters. The number of hydrogen-bond acceptors (Lipinski definition) is 4. The smallest absolute Gasteiger partial charge is 0.255 e. The van der Waals surface area contributed by atoms with Gasteiger partial charge in [0.15, 0.2) is 0 Å². The SMILES string of the molecule is C#Cc1cccc(C(=O)NC(CO)Cc2c[nH]c3cccnc23)c1OC(C)C.c1cc2cc-2c1. The van der Waals surface area contributed by atoms with E-state index in [1.54, 1.807) is 24.4 Å². The number of aliphatic hydroxyl groups is 1. The number of benzene rings is 2. The van der Waals surface area contributed by atoms with E-state index in [1.165, 1.54) is 11.1 Å². The molecule has 2 aliphatic rings. The van der Waals surface area contributed by atoms with Crippen LogP contribution >= 0.6 is 0 Å². The van der Waals surface area contributed by atoms with Crippen LogP contribution in [0, 0.1) is 12.3 Å². The number of nitrogens with one attached hydrogen (secondary N) is 2. The highest BCUT2D eigenvalue weighted by molar-refractivity contribution is 5.98. The van der Waals surface area contributed by atoms with Crippen molar-refractivity contribution >= 4 is 16.9 Å². The molecule has 0 aliphatic heterocycles. The summed E-state index contributed by atoms with van der Waals surface area (Å²) in [5, 5.41) is 12.7. The Morgan fingerprint density at radius 1 is 1.18 bits per heavy atom. The summed E-state index contributed by atoms with van der Waals surface area (Å²) in [6.45, 7) is 3.53. The third kappa shape index (κ3) is 5.28. The fourth-order valence-corrected chi connectivity index (χ4v) is 3.72. The van der Waals surface area contributed by atoms with E-state index in [1.807, 2.05) is 32.2 Å². The van der Waals surface area contributed by atoms with Crippen LogP contribution in [-0.4, -0.2) is 39.7 Å². The number of hydrogen-bond donors (Lipinski definition) is 3. The molecule has 1 aromatic carbocycles. The number of aliphatic hydroxyl groups excluding tert-OH is 1. The van der Waals surface area contributed by atoms with Gasteiger partial charge < -0.3 is 20.1 Å². The molecular weight excluding hydrogens is 426 g/mol. The predicted octanol–water partition coefficient (Wildman–Crippen LogP) is 4.33. The number of nitrogens with zero attached hydrogens (tertiary/aromatic N) is 1. The number of rotatable bonds is 7. The van der Waals surface area contributed by atoms with E-state index < -0.39 is 6.04 Å². The maximum Gasteiger partial charge on any atom is 0.255 e. The highest BCUT2D eigenvalue weighted by Gasteiger charge is 2.21. The summed E-state index contributed by atoms with van der Waals surface area (Å²) in [5.74, 6) is 2.58. The highest BCUT2D eigenvalue weighted by Crippen LogP contribution is 2.32. The first-order valence-electron chi connectivity index (χ1n) is 11.2. The first-order valence-corrected chi connectivity index (χ1v) is 11.2. The summed E-state index contributed by atoms with van der Waals surface area (Å²) in [6, 6.07) is 16.9. The Balaban J connectivity index is 0.000000388. The van der Waals surface area contributed by atoms with Crippen LogP contribution in [0.15, 0.2) is 67.0 Å². The molecule has 0 saturated carbocycles. The Labute approximate surface area is 199 Å². The van der Waals surface area contributed by atoms with Gasteiger partial charge in [0, 0.05) is 12.4 Å². The van der Waals surface area contributed by atoms with Crippen LogP contribution < -0.4 is 10.1 Å². The normalized spacial score (nSPS) is 11.9. The number of terminal acetylenes is 1. The molecule has 0 saturated heterocycles. The lowest BCUT2D eigenvalue weighted by Gasteiger charge is -2.19. The van der Waals surface area contributed by atoms with E-state index in [0.717, 1.165) is 16.6 Å². The molecule has 0 fully saturated rings. The second-order valence-corrected chi connectivity index (χ2v) is 8.34. The molecule has 1 amide bonds. The molecule has 3 aromatic rings. The van der Waals surface area contributed by atoms with Crippen molar-refractivity contribution in [2.75, 3.05) is 6.61 Å². The molecule has 6 heteroatoms. The fraction of sp³-hybridized carbons (Fsp3) is 0.214. The molecule has 2 aliphatic carbocycles. The summed E-state index contributed by atoms with van der Waals surface area (Å²) in [5.41, 5.74) is 6.38. The van der Waals surface area contributed by atoms with E-state index in [-0.39, 0.29) is 18.6 Å². The van der Waals surface area contributed by atoms with Crippen LogP contribution in [-0.2, 0) is 6.42 Å². The third-order valence-corrected chi connectivity index (χ3v) is 5.42. The van der Waals surface area contributed by atoms with Crippen molar-refractivity contribution in [2.24, 2.45) is 0 Å². The second kappa shape index (κ2) is 10.2. The summed E-state index contributed by atoms with van der Waals surface area (Å²) in [4.78, 5) is 20.4. The van der Waals surface area contributed by atoms with E-state index in [0.29, 0.717) is 23.3 Å². The van der Waals surface area contributed by atoms with Crippen LogP contribution in [0.2, 0.25) is 0 Å². The molecule has 172 valence electrons. The summed E-state index contributed by atoms with van der Waals surface area (Å²) < 4.78 is 5.79. The van der Waals surface area contributed by atoms with Gasteiger partial charge in [-0.25, -0.2) is 0 Å². The van der Waals surface area contributed by atoms with Crippen molar-refractivity contribution in [1.29, 1.82) is 0 Å². The molecule has 5 rings (SSSR count). The summed E-state index contributed by atoms with van der Waals surface area (Å²) in [6.07, 6.45) is 9.42. The Hall–Kier alpha value is -4.08. The van der Waals surface area contributed by atoms with Gasteiger partial charge in [-0.15, -0.1) is 6.42 Å². The van der Waals surface area contributed by atoms with Crippen LogP contribution in [0.4, 0.5) is 0 Å². The summed E-state index contributed by atoms with van der Waals surface area (Å²) in [7, 11) is 0. The fourth-order valence-electron chi connectivity index (χ4n) is 3.72. The van der Waals surface area contributed by atoms with Crippen LogP contribution in [0.1, 0.15) is 35.3 Å². The Morgan fingerprint density at radius 2 is 1.94 bits per heavy atom. The Bertz CT molecular complexity index is 1330. The third-order valence-electron chi connectivity index (χ3n) is 5.42. The van der Waals surface area contributed by atoms with Crippen molar-refractivity contribution in [3.63, 3.8) is 0 Å². The molecule has 0 bridgehead atoms. The number of carbonyl (C=O) groups is 1. The quantitative estimate of drug-likeness (QED) is 0.320. The molecule has 2 aromatic heterocycles. The largest absolute Gasteiger partial charge is 0.489 e. The number of amides is 1. The monoisotopic (exact) mass is 453 g/mol. The topological polar surface area (TPSA) is 87.2 Å². The van der Waals surface area contributed by atoms with E-state index >= 15 is 0 Å². The maximum absolute atomic E-state index is 12.9. The van der Waals surface area contributed by atoms with Gasteiger partial charge in [0.25, 0.3) is 5.91 Å².